The highest BCUT2D eigenvalue weighted by Crippen LogP contribution is 2.20. The summed E-state index contributed by atoms with van der Waals surface area (Å²) in [6, 6.07) is 12.1. The van der Waals surface area contributed by atoms with E-state index >= 15 is 0 Å². The van der Waals surface area contributed by atoms with Crippen molar-refractivity contribution >= 4 is 11.6 Å². The van der Waals surface area contributed by atoms with Gasteiger partial charge in [0.25, 0.3) is 0 Å². The van der Waals surface area contributed by atoms with E-state index in [1.54, 1.807) is 6.26 Å². The Morgan fingerprint density at radius 2 is 1.88 bits per heavy atom. The Balaban J connectivity index is 1.91. The molecule has 1 aromatic heterocycles. The van der Waals surface area contributed by atoms with Crippen LogP contribution < -0.4 is 10.6 Å². The second-order valence-electron chi connectivity index (χ2n) is 5.76. The Morgan fingerprint density at radius 3 is 2.42 bits per heavy atom. The van der Waals surface area contributed by atoms with Crippen LogP contribution in [0.4, 0.5) is 5.69 Å². The van der Waals surface area contributed by atoms with Gasteiger partial charge in [-0.05, 0) is 42.9 Å². The fourth-order valence-electron chi connectivity index (χ4n) is 2.82. The maximum atomic E-state index is 11.0. The number of carbonyl (C=O) groups excluding carboxylic acids is 1. The molecule has 1 atom stereocenters. The van der Waals surface area contributed by atoms with E-state index in [1.807, 2.05) is 36.4 Å². The van der Waals surface area contributed by atoms with E-state index in [4.69, 9.17) is 4.42 Å². The van der Waals surface area contributed by atoms with Crippen LogP contribution in [0.5, 0.6) is 0 Å². The van der Waals surface area contributed by atoms with Crippen LogP contribution in [-0.2, 0) is 11.3 Å². The second-order valence-corrected chi connectivity index (χ2v) is 5.76. The van der Waals surface area contributed by atoms with E-state index in [2.05, 4.69) is 29.4 Å². The molecular formula is C19H27N3O2. The lowest BCUT2D eigenvalue weighted by atomic mass is 10.1. The first kappa shape index (κ1) is 18.2. The van der Waals surface area contributed by atoms with E-state index in [1.165, 1.54) is 12.5 Å². The molecule has 0 saturated carbocycles. The summed E-state index contributed by atoms with van der Waals surface area (Å²) in [6.45, 7) is 9.41. The number of hydrogen-bond acceptors (Lipinski definition) is 4. The number of rotatable bonds is 9. The molecule has 2 rings (SSSR count). The monoisotopic (exact) mass is 329 g/mol. The first-order chi connectivity index (χ1) is 11.6. The number of anilines is 1. The summed E-state index contributed by atoms with van der Waals surface area (Å²) >= 11 is 0. The molecule has 0 aliphatic rings. The molecule has 2 N–H and O–H groups in total. The summed E-state index contributed by atoms with van der Waals surface area (Å²) in [5.74, 6) is 0.939. The summed E-state index contributed by atoms with van der Waals surface area (Å²) in [5.41, 5.74) is 2.00. The van der Waals surface area contributed by atoms with Crippen molar-refractivity contribution in [1.29, 1.82) is 0 Å². The van der Waals surface area contributed by atoms with Crippen molar-refractivity contribution in [2.45, 2.75) is 33.4 Å². The summed E-state index contributed by atoms with van der Waals surface area (Å²) in [4.78, 5) is 13.4. The van der Waals surface area contributed by atoms with Crippen molar-refractivity contribution in [1.82, 2.24) is 10.2 Å². The topological polar surface area (TPSA) is 57.5 Å². The molecule has 0 aliphatic carbocycles. The van der Waals surface area contributed by atoms with Crippen LogP contribution in [0.1, 0.15) is 38.1 Å². The van der Waals surface area contributed by atoms with Crippen LogP contribution in [0, 0.1) is 0 Å². The lowest BCUT2D eigenvalue weighted by Crippen LogP contribution is -2.35. The van der Waals surface area contributed by atoms with Crippen molar-refractivity contribution in [2.75, 3.05) is 25.0 Å². The van der Waals surface area contributed by atoms with Gasteiger partial charge in [0.2, 0.25) is 5.91 Å². The molecule has 1 amide bonds. The molecule has 0 fully saturated rings. The molecule has 5 nitrogen and oxygen atoms in total. The fourth-order valence-corrected chi connectivity index (χ4v) is 2.82. The van der Waals surface area contributed by atoms with E-state index < -0.39 is 0 Å². The van der Waals surface area contributed by atoms with Gasteiger partial charge < -0.3 is 15.1 Å². The van der Waals surface area contributed by atoms with Crippen LogP contribution in [0.25, 0.3) is 0 Å². The third-order valence-corrected chi connectivity index (χ3v) is 4.07. The molecule has 0 bridgehead atoms. The van der Waals surface area contributed by atoms with Crippen molar-refractivity contribution in [3.63, 3.8) is 0 Å². The van der Waals surface area contributed by atoms with E-state index in [0.29, 0.717) is 0 Å². The quantitative estimate of drug-likeness (QED) is 0.740. The van der Waals surface area contributed by atoms with Gasteiger partial charge in [0.15, 0.2) is 0 Å². The van der Waals surface area contributed by atoms with Gasteiger partial charge in [-0.3, -0.25) is 9.69 Å². The summed E-state index contributed by atoms with van der Waals surface area (Å²) in [5, 5.41) is 6.29. The number of amides is 1. The zero-order valence-corrected chi connectivity index (χ0v) is 14.7. The van der Waals surface area contributed by atoms with Crippen molar-refractivity contribution in [3.8, 4) is 0 Å². The third kappa shape index (κ3) is 5.22. The fraction of sp³-hybridized carbons (Fsp3) is 0.421. The first-order valence-corrected chi connectivity index (χ1v) is 8.48. The Hall–Kier alpha value is -2.11. The minimum Gasteiger partial charge on any atom is -0.468 e. The standard InChI is InChI=1S/C19H27N3O2/c1-4-22(5-2)18(19-7-6-12-24-19)14-20-13-16-8-10-17(11-9-16)21-15(3)23/h6-12,18,20H,4-5,13-14H2,1-3H3,(H,21,23). The van der Waals surface area contributed by atoms with Gasteiger partial charge in [-0.15, -0.1) is 0 Å². The Kier molecular flexibility index (Phi) is 7.03. The molecule has 0 saturated heterocycles. The minimum atomic E-state index is -0.0543. The number of nitrogens with zero attached hydrogens (tertiary/aromatic N) is 1. The van der Waals surface area contributed by atoms with Gasteiger partial charge >= 0.3 is 0 Å². The summed E-state index contributed by atoms with van der Waals surface area (Å²) < 4.78 is 5.61. The molecule has 130 valence electrons. The Morgan fingerprint density at radius 1 is 1.17 bits per heavy atom. The van der Waals surface area contributed by atoms with Gasteiger partial charge in [0.05, 0.1) is 12.3 Å². The zero-order chi connectivity index (χ0) is 17.4. The summed E-state index contributed by atoms with van der Waals surface area (Å²) in [7, 11) is 0. The van der Waals surface area contributed by atoms with Crippen LogP contribution in [0.15, 0.2) is 47.1 Å². The Bertz CT molecular complexity index is 604. The smallest absolute Gasteiger partial charge is 0.221 e. The maximum absolute atomic E-state index is 11.0. The maximum Gasteiger partial charge on any atom is 0.221 e. The molecule has 24 heavy (non-hydrogen) atoms. The number of nitrogens with one attached hydrogen (secondary N) is 2. The molecule has 0 spiro atoms. The molecule has 1 unspecified atom stereocenters. The van der Waals surface area contributed by atoms with Crippen molar-refractivity contribution < 1.29 is 9.21 Å². The average Bonchev–Trinajstić information content (AvgIpc) is 3.09. The predicted octanol–water partition coefficient (Wildman–Crippen LogP) is 3.41. The predicted molar refractivity (Wildman–Crippen MR) is 96.8 cm³/mol. The van der Waals surface area contributed by atoms with Gasteiger partial charge in [-0.25, -0.2) is 0 Å². The molecule has 1 aromatic carbocycles. The SMILES string of the molecule is CCN(CC)C(CNCc1ccc(NC(C)=O)cc1)c1ccco1. The minimum absolute atomic E-state index is 0.0543. The third-order valence-electron chi connectivity index (χ3n) is 4.07. The van der Waals surface area contributed by atoms with Crippen LogP contribution >= 0.6 is 0 Å². The lowest BCUT2D eigenvalue weighted by Gasteiger charge is -2.28. The largest absolute Gasteiger partial charge is 0.468 e. The molecular weight excluding hydrogens is 302 g/mol. The number of benzene rings is 1. The normalized spacial score (nSPS) is 12.3. The van der Waals surface area contributed by atoms with Gasteiger partial charge in [-0.2, -0.15) is 0 Å². The molecule has 0 radical (unpaired) electrons. The lowest BCUT2D eigenvalue weighted by molar-refractivity contribution is -0.114. The number of carbonyl (C=O) groups is 1. The van der Waals surface area contributed by atoms with Crippen LogP contribution in [0.3, 0.4) is 0 Å². The summed E-state index contributed by atoms with van der Waals surface area (Å²) in [6.07, 6.45) is 1.73. The number of furan rings is 1. The van der Waals surface area contributed by atoms with Gasteiger partial charge in [0, 0.05) is 25.7 Å². The number of hydrogen-bond donors (Lipinski definition) is 2. The Labute approximate surface area is 144 Å². The first-order valence-electron chi connectivity index (χ1n) is 8.48. The molecule has 5 heteroatoms. The van der Waals surface area contributed by atoms with E-state index in [-0.39, 0.29) is 11.9 Å². The van der Waals surface area contributed by atoms with Crippen molar-refractivity contribution in [2.24, 2.45) is 0 Å². The molecule has 0 aliphatic heterocycles. The van der Waals surface area contributed by atoms with E-state index in [0.717, 1.165) is 37.6 Å². The number of likely N-dealkylation sites (N-methyl/N-ethyl adjacent to an activating group) is 1. The zero-order valence-electron chi connectivity index (χ0n) is 14.7. The van der Waals surface area contributed by atoms with Crippen molar-refractivity contribution in [3.05, 3.63) is 54.0 Å². The highest BCUT2D eigenvalue weighted by atomic mass is 16.3. The second kappa shape index (κ2) is 9.25. The van der Waals surface area contributed by atoms with Gasteiger partial charge in [-0.1, -0.05) is 26.0 Å². The highest BCUT2D eigenvalue weighted by Gasteiger charge is 2.19. The molecule has 1 heterocycles. The molecule has 2 aromatic rings. The van der Waals surface area contributed by atoms with Gasteiger partial charge in [0.1, 0.15) is 5.76 Å². The average molecular weight is 329 g/mol. The van der Waals surface area contributed by atoms with Crippen LogP contribution in [0.2, 0.25) is 0 Å². The highest BCUT2D eigenvalue weighted by molar-refractivity contribution is 5.88. The van der Waals surface area contributed by atoms with Crippen LogP contribution in [-0.4, -0.2) is 30.4 Å². The van der Waals surface area contributed by atoms with E-state index in [9.17, 15) is 4.79 Å².